The molecule has 1 N–H and O–H groups in total. The molecule has 0 aliphatic carbocycles. The van der Waals surface area contributed by atoms with Crippen molar-refractivity contribution in [3.63, 3.8) is 0 Å². The van der Waals surface area contributed by atoms with Gasteiger partial charge in [0, 0.05) is 29.7 Å². The van der Waals surface area contributed by atoms with Crippen molar-refractivity contribution >= 4 is 28.3 Å². The van der Waals surface area contributed by atoms with E-state index in [4.69, 9.17) is 4.74 Å². The van der Waals surface area contributed by atoms with Crippen LogP contribution in [0.15, 0.2) is 66.7 Å². The number of fused-ring (bicyclic) bond motifs is 1. The number of carbonyl (C=O) groups is 2. The lowest BCUT2D eigenvalue weighted by Crippen LogP contribution is -2.32. The number of nitrogens with zero attached hydrogens (tertiary/aromatic N) is 1. The molecule has 0 atom stereocenters. The largest absolute Gasteiger partial charge is 0.483 e. The quantitative estimate of drug-likeness (QED) is 0.538. The van der Waals surface area contributed by atoms with Crippen LogP contribution in [0.2, 0.25) is 0 Å². The second kappa shape index (κ2) is 10.4. The van der Waals surface area contributed by atoms with Crippen LogP contribution in [0.4, 0.5) is 5.69 Å². The molecule has 3 rings (SSSR count). The molecule has 5 nitrogen and oxygen atoms in total. The van der Waals surface area contributed by atoms with E-state index in [0.29, 0.717) is 17.0 Å². The Labute approximate surface area is 177 Å². The lowest BCUT2D eigenvalue weighted by molar-refractivity contribution is -0.118. The molecule has 0 spiro atoms. The third kappa shape index (κ3) is 5.38. The highest BCUT2D eigenvalue weighted by Crippen LogP contribution is 2.25. The number of ether oxygens (including phenoxy) is 1. The fourth-order valence-electron chi connectivity index (χ4n) is 3.40. The highest BCUT2D eigenvalue weighted by atomic mass is 16.5. The van der Waals surface area contributed by atoms with E-state index in [1.807, 2.05) is 47.4 Å². The number of benzene rings is 3. The highest BCUT2D eigenvalue weighted by Gasteiger charge is 2.14. The Balaban J connectivity index is 1.58. The number of carbonyl (C=O) groups excluding carboxylic acids is 2. The number of nitrogens with one attached hydrogen (secondary N) is 1. The van der Waals surface area contributed by atoms with Gasteiger partial charge in [-0.15, -0.1) is 0 Å². The third-order valence-corrected chi connectivity index (χ3v) is 4.80. The lowest BCUT2D eigenvalue weighted by atomic mass is 10.1. The Kier molecular flexibility index (Phi) is 7.44. The highest BCUT2D eigenvalue weighted by molar-refractivity contribution is 5.96. The molecule has 156 valence electrons. The molecule has 0 aliphatic heterocycles. The smallest absolute Gasteiger partial charge is 0.262 e. The average Bonchev–Trinajstić information content (AvgIpc) is 2.77. The van der Waals surface area contributed by atoms with Crippen LogP contribution in [0, 0.1) is 0 Å². The molecule has 0 heterocycles. The Morgan fingerprint density at radius 1 is 0.867 bits per heavy atom. The van der Waals surface area contributed by atoms with Crippen LogP contribution in [0.25, 0.3) is 10.8 Å². The predicted octanol–water partition coefficient (Wildman–Crippen LogP) is 5.12. The maximum Gasteiger partial charge on any atom is 0.262 e. The fourth-order valence-corrected chi connectivity index (χ4v) is 3.40. The molecule has 3 aromatic rings. The maximum atomic E-state index is 12.6. The Bertz CT molecular complexity index is 987. The van der Waals surface area contributed by atoms with Gasteiger partial charge >= 0.3 is 0 Å². The molecular weight excluding hydrogens is 376 g/mol. The molecule has 0 fully saturated rings. The molecule has 0 saturated carbocycles. The van der Waals surface area contributed by atoms with E-state index >= 15 is 0 Å². The van der Waals surface area contributed by atoms with E-state index in [0.717, 1.165) is 36.7 Å². The summed E-state index contributed by atoms with van der Waals surface area (Å²) in [6, 6.07) is 20.7. The minimum atomic E-state index is -0.249. The first-order chi connectivity index (χ1) is 14.6. The number of hydrogen-bond acceptors (Lipinski definition) is 3. The molecule has 0 radical (unpaired) electrons. The summed E-state index contributed by atoms with van der Waals surface area (Å²) in [5.74, 6) is 0.451. The van der Waals surface area contributed by atoms with Gasteiger partial charge in [0.25, 0.3) is 11.8 Å². The van der Waals surface area contributed by atoms with Gasteiger partial charge in [0.2, 0.25) is 0 Å². The monoisotopic (exact) mass is 404 g/mol. The zero-order valence-corrected chi connectivity index (χ0v) is 17.6. The molecule has 0 unspecified atom stereocenters. The summed E-state index contributed by atoms with van der Waals surface area (Å²) in [4.78, 5) is 26.8. The first-order valence-corrected chi connectivity index (χ1v) is 10.4. The van der Waals surface area contributed by atoms with Gasteiger partial charge < -0.3 is 15.0 Å². The summed E-state index contributed by atoms with van der Waals surface area (Å²) in [6.07, 6.45) is 1.85. The molecule has 30 heavy (non-hydrogen) atoms. The molecule has 3 aromatic carbocycles. The topological polar surface area (TPSA) is 58.6 Å². The van der Waals surface area contributed by atoms with Crippen LogP contribution in [-0.4, -0.2) is 36.4 Å². The SMILES string of the molecule is CCCN(CCC)C(=O)c1ccc(NC(=O)COc2cccc3ccccc23)cc1. The van der Waals surface area contributed by atoms with Gasteiger partial charge in [-0.25, -0.2) is 0 Å². The van der Waals surface area contributed by atoms with E-state index in [2.05, 4.69) is 19.2 Å². The molecule has 0 saturated heterocycles. The number of rotatable bonds is 9. The van der Waals surface area contributed by atoms with Crippen molar-refractivity contribution in [1.82, 2.24) is 4.90 Å². The maximum absolute atomic E-state index is 12.6. The third-order valence-electron chi connectivity index (χ3n) is 4.80. The summed E-state index contributed by atoms with van der Waals surface area (Å²) in [5, 5.41) is 4.85. The van der Waals surface area contributed by atoms with Crippen LogP contribution >= 0.6 is 0 Å². The van der Waals surface area contributed by atoms with Gasteiger partial charge in [-0.1, -0.05) is 50.2 Å². The standard InChI is InChI=1S/C25H28N2O3/c1-3-16-27(17-4-2)25(29)20-12-14-21(15-13-20)26-24(28)18-30-23-11-7-9-19-8-5-6-10-22(19)23/h5-15H,3-4,16-18H2,1-2H3,(H,26,28). The zero-order valence-electron chi connectivity index (χ0n) is 17.6. The van der Waals surface area contributed by atoms with Crippen LogP contribution in [0.3, 0.4) is 0 Å². The zero-order chi connectivity index (χ0) is 21.3. The van der Waals surface area contributed by atoms with E-state index in [1.165, 1.54) is 0 Å². The minimum absolute atomic E-state index is 0.0239. The van der Waals surface area contributed by atoms with Gasteiger partial charge in [0.1, 0.15) is 5.75 Å². The van der Waals surface area contributed by atoms with Crippen molar-refractivity contribution in [1.29, 1.82) is 0 Å². The fraction of sp³-hybridized carbons (Fsp3) is 0.280. The summed E-state index contributed by atoms with van der Waals surface area (Å²) < 4.78 is 5.73. The first-order valence-electron chi connectivity index (χ1n) is 10.4. The molecule has 0 aromatic heterocycles. The van der Waals surface area contributed by atoms with E-state index in [-0.39, 0.29) is 18.4 Å². The minimum Gasteiger partial charge on any atom is -0.483 e. The lowest BCUT2D eigenvalue weighted by Gasteiger charge is -2.21. The number of hydrogen-bond donors (Lipinski definition) is 1. The molecule has 0 bridgehead atoms. The molecular formula is C25H28N2O3. The molecule has 0 aliphatic rings. The van der Waals surface area contributed by atoms with Crippen molar-refractivity contribution in [2.45, 2.75) is 26.7 Å². The second-order valence-electron chi connectivity index (χ2n) is 7.18. The van der Waals surface area contributed by atoms with Crippen LogP contribution in [-0.2, 0) is 4.79 Å². The van der Waals surface area contributed by atoms with Crippen molar-refractivity contribution in [2.24, 2.45) is 0 Å². The van der Waals surface area contributed by atoms with Gasteiger partial charge in [0.15, 0.2) is 6.61 Å². The van der Waals surface area contributed by atoms with Crippen molar-refractivity contribution < 1.29 is 14.3 Å². The average molecular weight is 405 g/mol. The summed E-state index contributed by atoms with van der Waals surface area (Å²) >= 11 is 0. The van der Waals surface area contributed by atoms with Gasteiger partial charge in [-0.3, -0.25) is 9.59 Å². The van der Waals surface area contributed by atoms with Crippen molar-refractivity contribution in [3.05, 3.63) is 72.3 Å². The van der Waals surface area contributed by atoms with Crippen LogP contribution in [0.1, 0.15) is 37.0 Å². The second-order valence-corrected chi connectivity index (χ2v) is 7.18. The van der Waals surface area contributed by atoms with E-state index < -0.39 is 0 Å². The van der Waals surface area contributed by atoms with Crippen LogP contribution in [0.5, 0.6) is 5.75 Å². The van der Waals surface area contributed by atoms with Gasteiger partial charge in [0.05, 0.1) is 0 Å². The number of amides is 2. The Hall–Kier alpha value is -3.34. The first kappa shape index (κ1) is 21.4. The van der Waals surface area contributed by atoms with Crippen molar-refractivity contribution in [3.8, 4) is 5.75 Å². The van der Waals surface area contributed by atoms with Gasteiger partial charge in [-0.05, 0) is 48.6 Å². The summed E-state index contributed by atoms with van der Waals surface area (Å²) in [7, 11) is 0. The normalized spacial score (nSPS) is 10.6. The van der Waals surface area contributed by atoms with E-state index in [1.54, 1.807) is 24.3 Å². The van der Waals surface area contributed by atoms with E-state index in [9.17, 15) is 9.59 Å². The Morgan fingerprint density at radius 2 is 1.53 bits per heavy atom. The Morgan fingerprint density at radius 3 is 2.23 bits per heavy atom. The molecule has 5 heteroatoms. The van der Waals surface area contributed by atoms with Gasteiger partial charge in [-0.2, -0.15) is 0 Å². The number of anilines is 1. The predicted molar refractivity (Wildman–Crippen MR) is 121 cm³/mol. The summed E-state index contributed by atoms with van der Waals surface area (Å²) in [5.41, 5.74) is 1.26. The summed E-state index contributed by atoms with van der Waals surface area (Å²) in [6.45, 7) is 5.53. The van der Waals surface area contributed by atoms with Crippen LogP contribution < -0.4 is 10.1 Å². The molecule has 2 amide bonds. The van der Waals surface area contributed by atoms with Crippen molar-refractivity contribution in [2.75, 3.05) is 25.0 Å².